The fraction of sp³-hybridized carbons (Fsp3) is 0.600. The summed E-state index contributed by atoms with van der Waals surface area (Å²) in [6.07, 6.45) is 5.88. The summed E-state index contributed by atoms with van der Waals surface area (Å²) in [6, 6.07) is 3.84. The van der Waals surface area contributed by atoms with Gasteiger partial charge in [0.2, 0.25) is 0 Å². The minimum absolute atomic E-state index is 0.0167. The van der Waals surface area contributed by atoms with Gasteiger partial charge in [-0.25, -0.2) is 8.78 Å². The quantitative estimate of drug-likeness (QED) is 0.851. The highest BCUT2D eigenvalue weighted by Gasteiger charge is 2.35. The number of nitrogens with one attached hydrogen (secondary N) is 1. The van der Waals surface area contributed by atoms with Crippen molar-refractivity contribution in [2.24, 2.45) is 5.41 Å². The minimum Gasteiger partial charge on any atom is -0.313 e. The monoisotopic (exact) mass is 253 g/mol. The van der Waals surface area contributed by atoms with E-state index < -0.39 is 11.6 Å². The Kier molecular flexibility index (Phi) is 4.00. The smallest absolute Gasteiger partial charge is 0.126 e. The van der Waals surface area contributed by atoms with E-state index in [1.807, 2.05) is 7.05 Å². The van der Waals surface area contributed by atoms with Crippen molar-refractivity contribution in [2.45, 2.75) is 45.1 Å². The van der Waals surface area contributed by atoms with Crippen molar-refractivity contribution in [1.82, 2.24) is 5.32 Å². The SMILES string of the molecule is CNC(c1cc(F)cc(F)c1)C1(C)CCCCC1. The molecule has 1 unspecified atom stereocenters. The second-order valence-corrected chi connectivity index (χ2v) is 5.64. The first-order chi connectivity index (χ1) is 8.55. The van der Waals surface area contributed by atoms with Crippen LogP contribution in [0, 0.1) is 17.0 Å². The first-order valence-electron chi connectivity index (χ1n) is 6.68. The van der Waals surface area contributed by atoms with Crippen LogP contribution in [0.4, 0.5) is 8.78 Å². The lowest BCUT2D eigenvalue weighted by atomic mass is 9.68. The summed E-state index contributed by atoms with van der Waals surface area (Å²) in [5.74, 6) is -0.991. The van der Waals surface area contributed by atoms with Gasteiger partial charge in [-0.2, -0.15) is 0 Å². The molecular formula is C15H21F2N. The normalized spacial score (nSPS) is 20.7. The van der Waals surface area contributed by atoms with Crippen LogP contribution in [0.3, 0.4) is 0 Å². The summed E-state index contributed by atoms with van der Waals surface area (Å²) in [6.45, 7) is 2.22. The third-order valence-electron chi connectivity index (χ3n) is 4.20. The number of rotatable bonds is 3. The minimum atomic E-state index is -0.496. The highest BCUT2D eigenvalue weighted by molar-refractivity contribution is 5.23. The molecule has 18 heavy (non-hydrogen) atoms. The molecule has 3 heteroatoms. The molecule has 1 aliphatic rings. The van der Waals surface area contributed by atoms with Crippen LogP contribution in [-0.4, -0.2) is 7.05 Å². The van der Waals surface area contributed by atoms with Crippen LogP contribution >= 0.6 is 0 Å². The van der Waals surface area contributed by atoms with Gasteiger partial charge in [0, 0.05) is 12.1 Å². The predicted molar refractivity (Wildman–Crippen MR) is 69.4 cm³/mol. The van der Waals surface area contributed by atoms with Crippen molar-refractivity contribution in [3.8, 4) is 0 Å². The third kappa shape index (κ3) is 2.72. The Bertz CT molecular complexity index is 391. The van der Waals surface area contributed by atoms with Crippen molar-refractivity contribution in [2.75, 3.05) is 7.05 Å². The van der Waals surface area contributed by atoms with E-state index >= 15 is 0 Å². The Hall–Kier alpha value is -0.960. The van der Waals surface area contributed by atoms with Gasteiger partial charge in [-0.05, 0) is 43.0 Å². The largest absolute Gasteiger partial charge is 0.313 e. The summed E-state index contributed by atoms with van der Waals surface area (Å²) in [7, 11) is 1.87. The highest BCUT2D eigenvalue weighted by atomic mass is 19.1. The maximum atomic E-state index is 13.3. The molecule has 0 heterocycles. The Morgan fingerprint density at radius 1 is 1.06 bits per heavy atom. The molecule has 0 amide bonds. The Morgan fingerprint density at radius 3 is 2.11 bits per heavy atom. The molecule has 100 valence electrons. The van der Waals surface area contributed by atoms with Crippen molar-refractivity contribution in [3.63, 3.8) is 0 Å². The number of halogens is 2. The van der Waals surface area contributed by atoms with Crippen LogP contribution < -0.4 is 5.32 Å². The van der Waals surface area contributed by atoms with E-state index in [1.54, 1.807) is 0 Å². The number of hydrogen-bond donors (Lipinski definition) is 1. The first-order valence-corrected chi connectivity index (χ1v) is 6.68. The Labute approximate surface area is 108 Å². The number of benzene rings is 1. The number of hydrogen-bond acceptors (Lipinski definition) is 1. The Morgan fingerprint density at radius 2 is 1.61 bits per heavy atom. The molecule has 0 spiro atoms. The molecule has 1 saturated carbocycles. The van der Waals surface area contributed by atoms with Gasteiger partial charge >= 0.3 is 0 Å². The summed E-state index contributed by atoms with van der Waals surface area (Å²) in [5, 5.41) is 3.25. The molecule has 2 rings (SSSR count). The average Bonchev–Trinajstić information content (AvgIpc) is 2.29. The molecule has 1 aromatic carbocycles. The average molecular weight is 253 g/mol. The second-order valence-electron chi connectivity index (χ2n) is 5.64. The van der Waals surface area contributed by atoms with Crippen LogP contribution in [0.25, 0.3) is 0 Å². The molecule has 0 saturated heterocycles. The van der Waals surface area contributed by atoms with Gasteiger partial charge in [0.25, 0.3) is 0 Å². The van der Waals surface area contributed by atoms with Gasteiger partial charge in [0.1, 0.15) is 11.6 Å². The predicted octanol–water partition coefficient (Wildman–Crippen LogP) is 4.20. The van der Waals surface area contributed by atoms with Crippen LogP contribution in [-0.2, 0) is 0 Å². The molecule has 0 radical (unpaired) electrons. The molecule has 1 atom stereocenters. The zero-order valence-electron chi connectivity index (χ0n) is 11.1. The fourth-order valence-corrected chi connectivity index (χ4v) is 3.31. The molecule has 0 bridgehead atoms. The zero-order chi connectivity index (χ0) is 13.2. The third-order valence-corrected chi connectivity index (χ3v) is 4.20. The summed E-state index contributed by atoms with van der Waals surface area (Å²) >= 11 is 0. The van der Waals surface area contributed by atoms with E-state index in [2.05, 4.69) is 12.2 Å². The van der Waals surface area contributed by atoms with E-state index in [4.69, 9.17) is 0 Å². The summed E-state index contributed by atoms with van der Waals surface area (Å²) in [5.41, 5.74) is 0.812. The van der Waals surface area contributed by atoms with Crippen LogP contribution in [0.15, 0.2) is 18.2 Å². The van der Waals surface area contributed by atoms with Gasteiger partial charge in [-0.3, -0.25) is 0 Å². The maximum absolute atomic E-state index is 13.3. The lowest BCUT2D eigenvalue weighted by Crippen LogP contribution is -2.36. The van der Waals surface area contributed by atoms with Gasteiger partial charge < -0.3 is 5.32 Å². The lowest BCUT2D eigenvalue weighted by molar-refractivity contribution is 0.150. The van der Waals surface area contributed by atoms with Crippen molar-refractivity contribution >= 4 is 0 Å². The first kappa shape index (κ1) is 13.5. The van der Waals surface area contributed by atoms with Crippen molar-refractivity contribution in [1.29, 1.82) is 0 Å². The molecule has 1 nitrogen and oxygen atoms in total. The second kappa shape index (κ2) is 5.35. The van der Waals surface area contributed by atoms with E-state index in [-0.39, 0.29) is 11.5 Å². The van der Waals surface area contributed by atoms with E-state index in [1.165, 1.54) is 31.4 Å². The zero-order valence-corrected chi connectivity index (χ0v) is 11.1. The summed E-state index contributed by atoms with van der Waals surface area (Å²) < 4.78 is 26.7. The van der Waals surface area contributed by atoms with Crippen LogP contribution in [0.5, 0.6) is 0 Å². The lowest BCUT2D eigenvalue weighted by Gasteiger charge is -2.41. The highest BCUT2D eigenvalue weighted by Crippen LogP contribution is 2.45. The van der Waals surface area contributed by atoms with Gasteiger partial charge in [-0.15, -0.1) is 0 Å². The topological polar surface area (TPSA) is 12.0 Å². The maximum Gasteiger partial charge on any atom is 0.126 e. The van der Waals surface area contributed by atoms with E-state index in [0.29, 0.717) is 0 Å². The fourth-order valence-electron chi connectivity index (χ4n) is 3.31. The molecule has 1 aliphatic carbocycles. The van der Waals surface area contributed by atoms with E-state index in [0.717, 1.165) is 24.5 Å². The molecule has 1 fully saturated rings. The van der Waals surface area contributed by atoms with Gasteiger partial charge in [0.05, 0.1) is 0 Å². The molecule has 0 aliphatic heterocycles. The van der Waals surface area contributed by atoms with Crippen LogP contribution in [0.1, 0.15) is 50.6 Å². The molecule has 1 N–H and O–H groups in total. The molecule has 1 aromatic rings. The summed E-state index contributed by atoms with van der Waals surface area (Å²) in [4.78, 5) is 0. The van der Waals surface area contributed by atoms with Crippen molar-refractivity contribution < 1.29 is 8.78 Å². The van der Waals surface area contributed by atoms with Crippen molar-refractivity contribution in [3.05, 3.63) is 35.4 Å². The molecular weight excluding hydrogens is 232 g/mol. The molecule has 0 aromatic heterocycles. The Balaban J connectivity index is 2.31. The van der Waals surface area contributed by atoms with Gasteiger partial charge in [0.15, 0.2) is 0 Å². The van der Waals surface area contributed by atoms with Gasteiger partial charge in [-0.1, -0.05) is 26.2 Å². The van der Waals surface area contributed by atoms with E-state index in [9.17, 15) is 8.78 Å². The van der Waals surface area contributed by atoms with Crippen LogP contribution in [0.2, 0.25) is 0 Å². The standard InChI is InChI=1S/C15H21F2N/c1-15(6-4-3-5-7-15)14(18-2)11-8-12(16)10-13(17)9-11/h8-10,14,18H,3-7H2,1-2H3.